The molecule has 1 rings (SSSR count). The molecule has 0 aliphatic rings. The maximum absolute atomic E-state index is 13.0. The minimum atomic E-state index is -4.37. The average Bonchev–Trinajstić information content (AvgIpc) is 2.44. The summed E-state index contributed by atoms with van der Waals surface area (Å²) in [5.74, 6) is -0.745. The first-order valence-corrected chi connectivity index (χ1v) is 6.74. The van der Waals surface area contributed by atoms with Crippen molar-refractivity contribution in [3.63, 3.8) is 0 Å². The standard InChI is InChI=1S/C15H20F3NO2/c1-4-19(9-11(2)14(20)21-3)10-12-7-5-6-8-13(12)15(16,17)18/h5-8,11H,4,9-10H2,1-3H3. The number of ether oxygens (including phenoxy) is 1. The van der Waals surface area contributed by atoms with Crippen molar-refractivity contribution >= 4 is 5.97 Å². The van der Waals surface area contributed by atoms with Gasteiger partial charge in [-0.25, -0.2) is 0 Å². The number of esters is 1. The molecule has 0 heterocycles. The number of carbonyl (C=O) groups excluding carboxylic acids is 1. The van der Waals surface area contributed by atoms with Gasteiger partial charge in [-0.05, 0) is 18.2 Å². The van der Waals surface area contributed by atoms with Crippen molar-refractivity contribution in [2.24, 2.45) is 5.92 Å². The van der Waals surface area contributed by atoms with Gasteiger partial charge >= 0.3 is 12.1 Å². The lowest BCUT2D eigenvalue weighted by molar-refractivity contribution is -0.145. The molecular formula is C15H20F3NO2. The Morgan fingerprint density at radius 3 is 2.48 bits per heavy atom. The summed E-state index contributed by atoms with van der Waals surface area (Å²) in [5, 5.41) is 0. The summed E-state index contributed by atoms with van der Waals surface area (Å²) in [6, 6.07) is 5.50. The maximum atomic E-state index is 13.0. The number of nitrogens with zero attached hydrogens (tertiary/aromatic N) is 1. The molecule has 0 aliphatic carbocycles. The third-order valence-electron chi connectivity index (χ3n) is 3.30. The van der Waals surface area contributed by atoms with Gasteiger partial charge in [0.15, 0.2) is 0 Å². The number of hydrogen-bond donors (Lipinski definition) is 0. The topological polar surface area (TPSA) is 29.5 Å². The molecule has 21 heavy (non-hydrogen) atoms. The number of methoxy groups -OCH3 is 1. The normalized spacial score (nSPS) is 13.3. The molecule has 0 saturated carbocycles. The van der Waals surface area contributed by atoms with Gasteiger partial charge in [-0.3, -0.25) is 9.69 Å². The highest BCUT2D eigenvalue weighted by atomic mass is 19.4. The van der Waals surface area contributed by atoms with Crippen molar-refractivity contribution in [1.29, 1.82) is 0 Å². The zero-order valence-electron chi connectivity index (χ0n) is 12.4. The Bertz CT molecular complexity index is 474. The number of carbonyl (C=O) groups is 1. The summed E-state index contributed by atoms with van der Waals surface area (Å²) < 4.78 is 43.5. The molecule has 1 atom stereocenters. The van der Waals surface area contributed by atoms with Crippen LogP contribution in [-0.4, -0.2) is 31.1 Å². The molecule has 0 amide bonds. The van der Waals surface area contributed by atoms with E-state index in [0.717, 1.165) is 6.07 Å². The Kier molecular flexibility index (Phi) is 6.20. The van der Waals surface area contributed by atoms with E-state index in [0.29, 0.717) is 13.1 Å². The third kappa shape index (κ3) is 5.04. The summed E-state index contributed by atoms with van der Waals surface area (Å²) in [6.07, 6.45) is -4.37. The summed E-state index contributed by atoms with van der Waals surface area (Å²) in [6.45, 7) is 4.60. The highest BCUT2D eigenvalue weighted by Crippen LogP contribution is 2.32. The molecule has 0 bridgehead atoms. The molecule has 0 aliphatic heterocycles. The monoisotopic (exact) mass is 303 g/mol. The largest absolute Gasteiger partial charge is 0.469 e. The van der Waals surface area contributed by atoms with Crippen molar-refractivity contribution in [1.82, 2.24) is 4.90 Å². The van der Waals surface area contributed by atoms with E-state index >= 15 is 0 Å². The first kappa shape index (κ1) is 17.5. The van der Waals surface area contributed by atoms with Gasteiger partial charge in [-0.2, -0.15) is 13.2 Å². The molecule has 0 N–H and O–H groups in total. The minimum Gasteiger partial charge on any atom is -0.469 e. The molecule has 0 radical (unpaired) electrons. The van der Waals surface area contributed by atoms with Crippen LogP contribution in [0.25, 0.3) is 0 Å². The fourth-order valence-corrected chi connectivity index (χ4v) is 2.14. The van der Waals surface area contributed by atoms with Crippen molar-refractivity contribution in [2.45, 2.75) is 26.6 Å². The molecule has 1 unspecified atom stereocenters. The van der Waals surface area contributed by atoms with Crippen LogP contribution >= 0.6 is 0 Å². The second-order valence-electron chi connectivity index (χ2n) is 4.91. The van der Waals surface area contributed by atoms with Crippen LogP contribution in [0, 0.1) is 5.92 Å². The maximum Gasteiger partial charge on any atom is 0.416 e. The van der Waals surface area contributed by atoms with E-state index in [-0.39, 0.29) is 24.0 Å². The van der Waals surface area contributed by atoms with Crippen LogP contribution in [0.5, 0.6) is 0 Å². The summed E-state index contributed by atoms with van der Waals surface area (Å²) in [7, 11) is 1.30. The predicted octanol–water partition coefficient (Wildman–Crippen LogP) is 3.34. The van der Waals surface area contributed by atoms with Crippen LogP contribution in [0.1, 0.15) is 25.0 Å². The predicted molar refractivity (Wildman–Crippen MR) is 73.6 cm³/mol. The molecule has 0 saturated heterocycles. The van der Waals surface area contributed by atoms with Crippen LogP contribution in [0.2, 0.25) is 0 Å². The molecule has 0 spiro atoms. The van der Waals surface area contributed by atoms with Crippen molar-refractivity contribution in [3.05, 3.63) is 35.4 Å². The number of halogens is 3. The van der Waals surface area contributed by atoms with Gasteiger partial charge < -0.3 is 4.74 Å². The summed E-state index contributed by atoms with van der Waals surface area (Å²) >= 11 is 0. The van der Waals surface area contributed by atoms with E-state index < -0.39 is 11.7 Å². The number of rotatable bonds is 6. The zero-order valence-corrected chi connectivity index (χ0v) is 12.4. The Hall–Kier alpha value is -1.56. The number of hydrogen-bond acceptors (Lipinski definition) is 3. The SMILES string of the molecule is CCN(Cc1ccccc1C(F)(F)F)CC(C)C(=O)OC. The smallest absolute Gasteiger partial charge is 0.416 e. The Morgan fingerprint density at radius 1 is 1.33 bits per heavy atom. The highest BCUT2D eigenvalue weighted by Gasteiger charge is 2.33. The van der Waals surface area contributed by atoms with E-state index in [4.69, 9.17) is 0 Å². The minimum absolute atomic E-state index is 0.146. The second kappa shape index (κ2) is 7.45. The summed E-state index contributed by atoms with van der Waals surface area (Å²) in [5.41, 5.74) is -0.418. The lowest BCUT2D eigenvalue weighted by Gasteiger charge is -2.24. The second-order valence-corrected chi connectivity index (χ2v) is 4.91. The first-order valence-electron chi connectivity index (χ1n) is 6.74. The fourth-order valence-electron chi connectivity index (χ4n) is 2.14. The van der Waals surface area contributed by atoms with Gasteiger partial charge in [0.05, 0.1) is 18.6 Å². The lowest BCUT2D eigenvalue weighted by Crippen LogP contribution is -2.32. The van der Waals surface area contributed by atoms with Crippen molar-refractivity contribution in [2.75, 3.05) is 20.2 Å². The number of benzene rings is 1. The molecule has 1 aromatic rings. The van der Waals surface area contributed by atoms with Crippen LogP contribution in [0.3, 0.4) is 0 Å². The quantitative estimate of drug-likeness (QED) is 0.755. The third-order valence-corrected chi connectivity index (χ3v) is 3.30. The molecule has 0 fully saturated rings. The first-order chi connectivity index (χ1) is 9.79. The van der Waals surface area contributed by atoms with Gasteiger partial charge in [0.1, 0.15) is 0 Å². The Labute approximate surface area is 122 Å². The van der Waals surface area contributed by atoms with Gasteiger partial charge in [0, 0.05) is 13.1 Å². The van der Waals surface area contributed by atoms with Crippen LogP contribution in [0.15, 0.2) is 24.3 Å². The molecular weight excluding hydrogens is 283 g/mol. The van der Waals surface area contributed by atoms with E-state index in [1.807, 2.05) is 6.92 Å². The van der Waals surface area contributed by atoms with E-state index in [9.17, 15) is 18.0 Å². The highest BCUT2D eigenvalue weighted by molar-refractivity contribution is 5.72. The van der Waals surface area contributed by atoms with Gasteiger partial charge in [-0.15, -0.1) is 0 Å². The fraction of sp³-hybridized carbons (Fsp3) is 0.533. The Balaban J connectivity index is 2.85. The average molecular weight is 303 g/mol. The van der Waals surface area contributed by atoms with Crippen LogP contribution in [0.4, 0.5) is 13.2 Å². The van der Waals surface area contributed by atoms with Crippen molar-refractivity contribution in [3.8, 4) is 0 Å². The Morgan fingerprint density at radius 2 is 1.95 bits per heavy atom. The molecule has 1 aromatic carbocycles. The van der Waals surface area contributed by atoms with Gasteiger partial charge in [0.25, 0.3) is 0 Å². The molecule has 6 heteroatoms. The van der Waals surface area contributed by atoms with E-state index in [2.05, 4.69) is 4.74 Å². The number of alkyl halides is 3. The van der Waals surface area contributed by atoms with Gasteiger partial charge in [-0.1, -0.05) is 32.0 Å². The molecule has 0 aromatic heterocycles. The lowest BCUT2D eigenvalue weighted by atomic mass is 10.1. The summed E-state index contributed by atoms with van der Waals surface area (Å²) in [4.78, 5) is 13.2. The van der Waals surface area contributed by atoms with Crippen molar-refractivity contribution < 1.29 is 22.7 Å². The van der Waals surface area contributed by atoms with E-state index in [1.165, 1.54) is 19.2 Å². The van der Waals surface area contributed by atoms with Gasteiger partial charge in [0.2, 0.25) is 0 Å². The van der Waals surface area contributed by atoms with Crippen LogP contribution in [-0.2, 0) is 22.3 Å². The van der Waals surface area contributed by atoms with E-state index in [1.54, 1.807) is 17.9 Å². The molecule has 118 valence electrons. The molecule has 3 nitrogen and oxygen atoms in total. The van der Waals surface area contributed by atoms with Crippen LogP contribution < -0.4 is 0 Å². The zero-order chi connectivity index (χ0) is 16.0.